The molecule has 0 fully saturated rings. The highest BCUT2D eigenvalue weighted by molar-refractivity contribution is 5.76. The van der Waals surface area contributed by atoms with Gasteiger partial charge in [0, 0.05) is 12.1 Å². The summed E-state index contributed by atoms with van der Waals surface area (Å²) in [7, 11) is 0. The van der Waals surface area contributed by atoms with Gasteiger partial charge in [-0.2, -0.15) is 5.26 Å². The third-order valence-corrected chi connectivity index (χ3v) is 2.33. The topological polar surface area (TPSA) is 74.8 Å². The summed E-state index contributed by atoms with van der Waals surface area (Å²) in [5, 5.41) is 12.5. The van der Waals surface area contributed by atoms with Gasteiger partial charge < -0.3 is 4.90 Å². The number of nitriles is 1. The molecule has 0 atom stereocenters. The summed E-state index contributed by atoms with van der Waals surface area (Å²) in [6.45, 7) is 8.00. The van der Waals surface area contributed by atoms with Crippen molar-refractivity contribution in [1.82, 2.24) is 19.7 Å². The highest BCUT2D eigenvalue weighted by Gasteiger charge is 2.20. The molecule has 17 heavy (non-hydrogen) atoms. The van der Waals surface area contributed by atoms with Crippen LogP contribution in [-0.4, -0.2) is 37.7 Å². The Morgan fingerprint density at radius 2 is 2.06 bits per heavy atom. The highest BCUT2D eigenvalue weighted by Crippen LogP contribution is 2.06. The first-order valence-corrected chi connectivity index (χ1v) is 5.56. The lowest BCUT2D eigenvalue weighted by Gasteiger charge is -2.30. The maximum Gasteiger partial charge on any atom is 0.252 e. The van der Waals surface area contributed by atoms with Gasteiger partial charge in [0.1, 0.15) is 18.9 Å². The molecule has 6 heteroatoms. The minimum atomic E-state index is -0.0237. The molecule has 0 saturated heterocycles. The zero-order valence-corrected chi connectivity index (χ0v) is 10.6. The molecule has 0 aliphatic carbocycles. The van der Waals surface area contributed by atoms with Crippen LogP contribution in [-0.2, 0) is 11.3 Å². The molecule has 1 rings (SSSR count). The van der Waals surface area contributed by atoms with Gasteiger partial charge in [0.05, 0.1) is 0 Å². The first kappa shape index (κ1) is 13.2. The van der Waals surface area contributed by atoms with E-state index in [1.54, 1.807) is 4.90 Å². The predicted octanol–water partition coefficient (Wildman–Crippen LogP) is 0.795. The van der Waals surface area contributed by atoms with E-state index >= 15 is 0 Å². The SMILES string of the molecule is CC(C)N(C(=O)Cn1cnc(C#N)n1)C(C)C. The van der Waals surface area contributed by atoms with Crippen LogP contribution in [0.3, 0.4) is 0 Å². The van der Waals surface area contributed by atoms with Crippen LogP contribution in [0.2, 0.25) is 0 Å². The molecule has 1 aromatic heterocycles. The lowest BCUT2D eigenvalue weighted by Crippen LogP contribution is -2.43. The van der Waals surface area contributed by atoms with Crippen molar-refractivity contribution >= 4 is 5.91 Å². The molecular formula is C11H17N5O. The smallest absolute Gasteiger partial charge is 0.252 e. The molecule has 0 aliphatic rings. The van der Waals surface area contributed by atoms with Gasteiger partial charge in [-0.3, -0.25) is 4.79 Å². The van der Waals surface area contributed by atoms with Crippen LogP contribution in [0.15, 0.2) is 6.33 Å². The fourth-order valence-electron chi connectivity index (χ4n) is 1.81. The maximum atomic E-state index is 12.0. The fraction of sp³-hybridized carbons (Fsp3) is 0.636. The van der Waals surface area contributed by atoms with E-state index in [1.807, 2.05) is 33.8 Å². The molecule has 0 N–H and O–H groups in total. The van der Waals surface area contributed by atoms with Gasteiger partial charge in [-0.1, -0.05) is 0 Å². The number of amides is 1. The molecule has 0 saturated carbocycles. The van der Waals surface area contributed by atoms with Gasteiger partial charge in [0.2, 0.25) is 5.91 Å². The van der Waals surface area contributed by atoms with Crippen molar-refractivity contribution in [2.24, 2.45) is 0 Å². The average molecular weight is 235 g/mol. The summed E-state index contributed by atoms with van der Waals surface area (Å²) < 4.78 is 1.39. The molecule has 1 aromatic rings. The summed E-state index contributed by atoms with van der Waals surface area (Å²) in [6, 6.07) is 2.11. The highest BCUT2D eigenvalue weighted by atomic mass is 16.2. The number of hydrogen-bond donors (Lipinski definition) is 0. The van der Waals surface area contributed by atoms with E-state index in [9.17, 15) is 4.79 Å². The van der Waals surface area contributed by atoms with Gasteiger partial charge in [-0.05, 0) is 27.7 Å². The van der Waals surface area contributed by atoms with Crippen LogP contribution < -0.4 is 0 Å². The van der Waals surface area contributed by atoms with E-state index in [-0.39, 0.29) is 30.4 Å². The van der Waals surface area contributed by atoms with Crippen LogP contribution in [0.1, 0.15) is 33.5 Å². The van der Waals surface area contributed by atoms with Crippen molar-refractivity contribution < 1.29 is 4.79 Å². The van der Waals surface area contributed by atoms with Crippen LogP contribution in [0.5, 0.6) is 0 Å². The van der Waals surface area contributed by atoms with Crippen LogP contribution >= 0.6 is 0 Å². The number of hydrogen-bond acceptors (Lipinski definition) is 4. The van der Waals surface area contributed by atoms with Gasteiger partial charge >= 0.3 is 0 Å². The summed E-state index contributed by atoms with van der Waals surface area (Å²) in [5.41, 5.74) is 0. The first-order valence-electron chi connectivity index (χ1n) is 5.56. The van der Waals surface area contributed by atoms with Gasteiger partial charge in [-0.15, -0.1) is 5.10 Å². The lowest BCUT2D eigenvalue weighted by atomic mass is 10.2. The Bertz CT molecular complexity index is 421. The van der Waals surface area contributed by atoms with E-state index in [4.69, 9.17) is 5.26 Å². The monoisotopic (exact) mass is 235 g/mol. The Balaban J connectivity index is 2.74. The third-order valence-electron chi connectivity index (χ3n) is 2.33. The minimum Gasteiger partial charge on any atom is -0.336 e. The Labute approximate surface area is 101 Å². The largest absolute Gasteiger partial charge is 0.336 e. The third kappa shape index (κ3) is 3.28. The average Bonchev–Trinajstić information content (AvgIpc) is 2.64. The fourth-order valence-corrected chi connectivity index (χ4v) is 1.81. The van der Waals surface area contributed by atoms with E-state index in [0.717, 1.165) is 0 Å². The Morgan fingerprint density at radius 3 is 2.47 bits per heavy atom. The van der Waals surface area contributed by atoms with E-state index in [2.05, 4.69) is 10.1 Å². The molecule has 1 heterocycles. The second kappa shape index (κ2) is 5.43. The van der Waals surface area contributed by atoms with E-state index in [0.29, 0.717) is 0 Å². The maximum absolute atomic E-state index is 12.0. The lowest BCUT2D eigenvalue weighted by molar-refractivity contribution is -0.135. The zero-order chi connectivity index (χ0) is 13.0. The second-order valence-corrected chi connectivity index (χ2v) is 4.37. The molecule has 0 bridgehead atoms. The molecule has 0 aliphatic heterocycles. The molecule has 0 spiro atoms. The van der Waals surface area contributed by atoms with Crippen molar-refractivity contribution in [3.63, 3.8) is 0 Å². The van der Waals surface area contributed by atoms with Gasteiger partial charge in [0.25, 0.3) is 5.82 Å². The Hall–Kier alpha value is -1.90. The zero-order valence-electron chi connectivity index (χ0n) is 10.6. The number of nitrogens with zero attached hydrogens (tertiary/aromatic N) is 5. The van der Waals surface area contributed by atoms with Crippen LogP contribution in [0.25, 0.3) is 0 Å². The first-order chi connectivity index (χ1) is 7.95. The summed E-state index contributed by atoms with van der Waals surface area (Å²) >= 11 is 0. The van der Waals surface area contributed by atoms with Gasteiger partial charge in [0.15, 0.2) is 0 Å². The standard InChI is InChI=1S/C11H17N5O/c1-8(2)16(9(3)4)11(17)6-15-7-13-10(5-12)14-15/h7-9H,6H2,1-4H3. The molecule has 0 unspecified atom stereocenters. The summed E-state index contributed by atoms with van der Waals surface area (Å²) in [4.78, 5) is 17.6. The molecule has 6 nitrogen and oxygen atoms in total. The number of rotatable bonds is 4. The molecule has 92 valence electrons. The molecule has 1 amide bonds. The van der Waals surface area contributed by atoms with Crippen molar-refractivity contribution in [3.05, 3.63) is 12.2 Å². The van der Waals surface area contributed by atoms with E-state index < -0.39 is 0 Å². The van der Waals surface area contributed by atoms with Crippen molar-refractivity contribution in [1.29, 1.82) is 5.26 Å². The number of carbonyl (C=O) groups is 1. The van der Waals surface area contributed by atoms with E-state index in [1.165, 1.54) is 11.0 Å². The Morgan fingerprint density at radius 1 is 1.47 bits per heavy atom. The minimum absolute atomic E-state index is 0.0237. The van der Waals surface area contributed by atoms with Crippen molar-refractivity contribution in [3.8, 4) is 6.07 Å². The Kier molecular flexibility index (Phi) is 4.21. The molecule has 0 aromatic carbocycles. The predicted molar refractivity (Wildman–Crippen MR) is 61.9 cm³/mol. The summed E-state index contributed by atoms with van der Waals surface area (Å²) in [6.07, 6.45) is 1.40. The van der Waals surface area contributed by atoms with Crippen molar-refractivity contribution in [2.45, 2.75) is 46.3 Å². The van der Waals surface area contributed by atoms with Gasteiger partial charge in [-0.25, -0.2) is 9.67 Å². The van der Waals surface area contributed by atoms with Crippen LogP contribution in [0.4, 0.5) is 0 Å². The van der Waals surface area contributed by atoms with Crippen LogP contribution in [0, 0.1) is 11.3 Å². The number of carbonyl (C=O) groups excluding carboxylic acids is 1. The normalized spacial score (nSPS) is 10.6. The summed E-state index contributed by atoms with van der Waals surface area (Å²) in [5.74, 6) is 0.0582. The quantitative estimate of drug-likeness (QED) is 0.773. The second-order valence-electron chi connectivity index (χ2n) is 4.37. The number of aromatic nitrogens is 3. The molecular weight excluding hydrogens is 218 g/mol. The molecule has 0 radical (unpaired) electrons. The van der Waals surface area contributed by atoms with Crippen molar-refractivity contribution in [2.75, 3.05) is 0 Å².